The Morgan fingerprint density at radius 3 is 2.96 bits per heavy atom. The van der Waals surface area contributed by atoms with Gasteiger partial charge in [-0.25, -0.2) is 4.98 Å². The molecule has 1 saturated heterocycles. The first kappa shape index (κ1) is 18.1. The molecule has 0 spiro atoms. The highest BCUT2D eigenvalue weighted by Crippen LogP contribution is 2.24. The maximum atomic E-state index is 5.67. The molecule has 3 rings (SSSR count). The fourth-order valence-electron chi connectivity index (χ4n) is 2.90. The molecule has 25 heavy (non-hydrogen) atoms. The van der Waals surface area contributed by atoms with Crippen LogP contribution in [0.5, 0.6) is 5.75 Å². The number of hydrogen-bond acceptors (Lipinski definition) is 5. The molecule has 2 heterocycles. The zero-order valence-electron chi connectivity index (χ0n) is 14.5. The van der Waals surface area contributed by atoms with Crippen LogP contribution in [0.4, 0.5) is 5.69 Å². The fourth-order valence-corrected chi connectivity index (χ4v) is 3.85. The lowest BCUT2D eigenvalue weighted by Gasteiger charge is -2.25. The first-order chi connectivity index (χ1) is 12.3. The molecule has 1 aliphatic heterocycles. The molecule has 0 radical (unpaired) electrons. The molecule has 0 saturated carbocycles. The van der Waals surface area contributed by atoms with Crippen molar-refractivity contribution in [3.63, 3.8) is 0 Å². The first-order valence-electron chi connectivity index (χ1n) is 8.64. The first-order valence-corrected chi connectivity index (χ1v) is 9.93. The lowest BCUT2D eigenvalue weighted by Crippen LogP contribution is -2.37. The van der Waals surface area contributed by atoms with E-state index in [1.165, 1.54) is 5.01 Å². The van der Waals surface area contributed by atoms with Gasteiger partial charge in [-0.3, -0.25) is 4.90 Å². The Bertz CT molecular complexity index is 677. The largest absolute Gasteiger partial charge is 0.492 e. The van der Waals surface area contributed by atoms with Gasteiger partial charge in [-0.15, -0.1) is 11.3 Å². The number of aromatic nitrogens is 1. The van der Waals surface area contributed by atoms with Crippen molar-refractivity contribution < 1.29 is 4.74 Å². The average molecular weight is 377 g/mol. The number of thiocarbonyl (C=S) groups is 1. The summed E-state index contributed by atoms with van der Waals surface area (Å²) in [6, 6.07) is 7.93. The van der Waals surface area contributed by atoms with E-state index in [2.05, 4.69) is 20.1 Å². The third kappa shape index (κ3) is 5.14. The Hall–Kier alpha value is -1.70. The SMILES string of the molecule is CCOc1ccccc1NC(=S)N1CCCN(Cc2nccs2)CC1. The zero-order chi connectivity index (χ0) is 17.5. The molecule has 1 aromatic carbocycles. The third-order valence-electron chi connectivity index (χ3n) is 4.15. The molecule has 7 heteroatoms. The van der Waals surface area contributed by atoms with Crippen molar-refractivity contribution in [1.29, 1.82) is 0 Å². The Labute approximate surface area is 158 Å². The molecule has 1 N–H and O–H groups in total. The number of hydrogen-bond donors (Lipinski definition) is 1. The second-order valence-corrected chi connectivity index (χ2v) is 7.27. The van der Waals surface area contributed by atoms with Crippen LogP contribution in [0.3, 0.4) is 0 Å². The van der Waals surface area contributed by atoms with Crippen molar-refractivity contribution in [2.45, 2.75) is 19.9 Å². The van der Waals surface area contributed by atoms with Gasteiger partial charge in [0.1, 0.15) is 10.8 Å². The Morgan fingerprint density at radius 2 is 2.16 bits per heavy atom. The van der Waals surface area contributed by atoms with Crippen LogP contribution in [0.1, 0.15) is 18.4 Å². The summed E-state index contributed by atoms with van der Waals surface area (Å²) >= 11 is 7.37. The van der Waals surface area contributed by atoms with Crippen LogP contribution in [0.25, 0.3) is 0 Å². The lowest BCUT2D eigenvalue weighted by molar-refractivity contribution is 0.278. The number of para-hydroxylation sites is 2. The number of thiazole rings is 1. The molecular formula is C18H24N4OS2. The summed E-state index contributed by atoms with van der Waals surface area (Å²) in [5.41, 5.74) is 0.929. The van der Waals surface area contributed by atoms with Crippen LogP contribution in [-0.4, -0.2) is 52.7 Å². The summed E-state index contributed by atoms with van der Waals surface area (Å²) < 4.78 is 5.67. The molecule has 5 nitrogen and oxygen atoms in total. The maximum absolute atomic E-state index is 5.67. The summed E-state index contributed by atoms with van der Waals surface area (Å²) in [5.74, 6) is 0.840. The number of nitrogens with one attached hydrogen (secondary N) is 1. The van der Waals surface area contributed by atoms with Crippen LogP contribution < -0.4 is 10.1 Å². The smallest absolute Gasteiger partial charge is 0.173 e. The number of benzene rings is 1. The zero-order valence-corrected chi connectivity index (χ0v) is 16.1. The molecule has 0 unspecified atom stereocenters. The third-order valence-corrected chi connectivity index (χ3v) is 5.27. The highest BCUT2D eigenvalue weighted by Gasteiger charge is 2.18. The van der Waals surface area contributed by atoms with Gasteiger partial charge in [0.15, 0.2) is 5.11 Å². The summed E-state index contributed by atoms with van der Waals surface area (Å²) in [5, 5.41) is 7.34. The molecule has 0 atom stereocenters. The highest BCUT2D eigenvalue weighted by molar-refractivity contribution is 7.80. The summed E-state index contributed by atoms with van der Waals surface area (Å²) in [6.07, 6.45) is 2.97. The monoisotopic (exact) mass is 376 g/mol. The van der Waals surface area contributed by atoms with Crippen LogP contribution in [-0.2, 0) is 6.54 Å². The van der Waals surface area contributed by atoms with Crippen molar-refractivity contribution in [3.8, 4) is 5.75 Å². The summed E-state index contributed by atoms with van der Waals surface area (Å²) in [6.45, 7) is 7.52. The van der Waals surface area contributed by atoms with E-state index in [0.717, 1.165) is 55.7 Å². The normalized spacial score (nSPS) is 15.6. The van der Waals surface area contributed by atoms with E-state index in [1.54, 1.807) is 11.3 Å². The summed E-state index contributed by atoms with van der Waals surface area (Å²) in [7, 11) is 0. The predicted octanol–water partition coefficient (Wildman–Crippen LogP) is 3.45. The molecule has 134 valence electrons. The molecule has 0 aliphatic carbocycles. The van der Waals surface area contributed by atoms with E-state index in [4.69, 9.17) is 17.0 Å². The van der Waals surface area contributed by atoms with Crippen molar-refractivity contribution in [2.75, 3.05) is 38.1 Å². The van der Waals surface area contributed by atoms with Gasteiger partial charge in [0.05, 0.1) is 18.8 Å². The van der Waals surface area contributed by atoms with Crippen molar-refractivity contribution in [2.24, 2.45) is 0 Å². The van der Waals surface area contributed by atoms with E-state index in [0.29, 0.717) is 6.61 Å². The van der Waals surface area contributed by atoms with E-state index in [9.17, 15) is 0 Å². The molecular weight excluding hydrogens is 352 g/mol. The standard InChI is InChI=1S/C18H24N4OS2/c1-2-23-16-7-4-3-6-15(16)20-18(24)22-10-5-9-21(11-12-22)14-17-19-8-13-25-17/h3-4,6-8,13H,2,5,9-12,14H2,1H3,(H,20,24). The van der Waals surface area contributed by atoms with Gasteiger partial charge in [0, 0.05) is 37.8 Å². The van der Waals surface area contributed by atoms with Crippen LogP contribution in [0.15, 0.2) is 35.8 Å². The van der Waals surface area contributed by atoms with Gasteiger partial charge in [0.2, 0.25) is 0 Å². The Morgan fingerprint density at radius 1 is 1.28 bits per heavy atom. The minimum Gasteiger partial charge on any atom is -0.492 e. The highest BCUT2D eigenvalue weighted by atomic mass is 32.1. The second-order valence-electron chi connectivity index (χ2n) is 5.90. The number of nitrogens with zero attached hydrogens (tertiary/aromatic N) is 3. The topological polar surface area (TPSA) is 40.6 Å². The Balaban J connectivity index is 1.56. The van der Waals surface area contributed by atoms with Gasteiger partial charge in [-0.2, -0.15) is 0 Å². The average Bonchev–Trinajstić information content (AvgIpc) is 3.01. The van der Waals surface area contributed by atoms with Gasteiger partial charge in [0.25, 0.3) is 0 Å². The molecule has 2 aromatic rings. The van der Waals surface area contributed by atoms with Crippen molar-refractivity contribution >= 4 is 34.4 Å². The van der Waals surface area contributed by atoms with E-state index < -0.39 is 0 Å². The fraction of sp³-hybridized carbons (Fsp3) is 0.444. The minimum atomic E-state index is 0.640. The van der Waals surface area contributed by atoms with E-state index in [-0.39, 0.29) is 0 Å². The van der Waals surface area contributed by atoms with Crippen LogP contribution >= 0.6 is 23.6 Å². The molecule has 0 bridgehead atoms. The number of ether oxygens (including phenoxy) is 1. The van der Waals surface area contributed by atoms with Gasteiger partial charge in [-0.1, -0.05) is 12.1 Å². The van der Waals surface area contributed by atoms with Gasteiger partial charge in [-0.05, 0) is 37.7 Å². The maximum Gasteiger partial charge on any atom is 0.173 e. The van der Waals surface area contributed by atoms with E-state index >= 15 is 0 Å². The molecule has 1 fully saturated rings. The Kier molecular flexibility index (Phi) is 6.61. The quantitative estimate of drug-likeness (QED) is 0.806. The molecule has 0 amide bonds. The van der Waals surface area contributed by atoms with Gasteiger partial charge >= 0.3 is 0 Å². The second kappa shape index (κ2) is 9.12. The van der Waals surface area contributed by atoms with Crippen LogP contribution in [0, 0.1) is 0 Å². The molecule has 1 aromatic heterocycles. The predicted molar refractivity (Wildman–Crippen MR) is 107 cm³/mol. The van der Waals surface area contributed by atoms with E-state index in [1.807, 2.05) is 42.8 Å². The minimum absolute atomic E-state index is 0.640. The molecule has 1 aliphatic rings. The van der Waals surface area contributed by atoms with Crippen LogP contribution in [0.2, 0.25) is 0 Å². The lowest BCUT2D eigenvalue weighted by atomic mass is 10.3. The number of rotatable bonds is 5. The number of anilines is 1. The van der Waals surface area contributed by atoms with Gasteiger partial charge < -0.3 is 15.0 Å². The van der Waals surface area contributed by atoms with Crippen molar-refractivity contribution in [3.05, 3.63) is 40.8 Å². The van der Waals surface area contributed by atoms with Crippen molar-refractivity contribution in [1.82, 2.24) is 14.8 Å². The summed E-state index contributed by atoms with van der Waals surface area (Å²) in [4.78, 5) is 9.09.